The summed E-state index contributed by atoms with van der Waals surface area (Å²) in [5, 5.41) is 8.85. The smallest absolute Gasteiger partial charge is 0.357 e. The highest BCUT2D eigenvalue weighted by atomic mass is 16.5. The van der Waals surface area contributed by atoms with Gasteiger partial charge in [0.2, 0.25) is 5.88 Å². The van der Waals surface area contributed by atoms with Crippen LogP contribution in [0, 0.1) is 23.2 Å². The van der Waals surface area contributed by atoms with Gasteiger partial charge in [-0.25, -0.2) is 10.6 Å². The van der Waals surface area contributed by atoms with Gasteiger partial charge < -0.3 is 15.6 Å². The zero-order valence-corrected chi connectivity index (χ0v) is 13.2. The zero-order chi connectivity index (χ0) is 17.0. The Bertz CT molecular complexity index is 699. The fourth-order valence-corrected chi connectivity index (χ4v) is 2.22. The molecule has 0 aromatic heterocycles. The molecule has 0 aliphatic heterocycles. The van der Waals surface area contributed by atoms with Crippen molar-refractivity contribution < 1.29 is 14.6 Å². The van der Waals surface area contributed by atoms with E-state index < -0.39 is 11.7 Å². The van der Waals surface area contributed by atoms with E-state index in [-0.39, 0.29) is 5.88 Å². The van der Waals surface area contributed by atoms with E-state index in [9.17, 15) is 4.79 Å². The first-order valence-corrected chi connectivity index (χ1v) is 7.30. The highest BCUT2D eigenvalue weighted by molar-refractivity contribution is 5.85. The average molecular weight is 315 g/mol. The normalized spacial score (nSPS) is 19.0. The summed E-state index contributed by atoms with van der Waals surface area (Å²) in [6.45, 7) is 4.49. The standard InChI is InChI=1S/C17H21N3O3/c1-17(2)10-12(17)7-3-5-11-6-4-8-13(9-11)23-15(20-19)14(18)16(21)22/h4,6,8-9,12,20H,7,10,18-19H2,1-2H3,(H,21,22)/b15-14+. The van der Waals surface area contributed by atoms with Crippen LogP contribution >= 0.6 is 0 Å². The molecule has 1 fully saturated rings. The van der Waals surface area contributed by atoms with Gasteiger partial charge in [-0.1, -0.05) is 31.8 Å². The molecule has 0 radical (unpaired) electrons. The molecule has 1 aromatic rings. The summed E-state index contributed by atoms with van der Waals surface area (Å²) in [4.78, 5) is 10.8. The molecule has 1 unspecified atom stereocenters. The average Bonchev–Trinajstić information content (AvgIpc) is 3.11. The molecule has 1 aliphatic rings. The van der Waals surface area contributed by atoms with Gasteiger partial charge in [0.25, 0.3) is 0 Å². The third-order valence-electron chi connectivity index (χ3n) is 3.96. The number of hydrogen-bond donors (Lipinski definition) is 4. The zero-order valence-electron chi connectivity index (χ0n) is 13.2. The third kappa shape index (κ3) is 4.41. The Morgan fingerprint density at radius 3 is 2.78 bits per heavy atom. The number of nitrogens with one attached hydrogen (secondary N) is 1. The predicted molar refractivity (Wildman–Crippen MR) is 86.6 cm³/mol. The van der Waals surface area contributed by atoms with Gasteiger partial charge in [-0.2, -0.15) is 0 Å². The van der Waals surface area contributed by atoms with Crippen molar-refractivity contribution in [1.82, 2.24) is 5.43 Å². The Kier molecular flexibility index (Phi) is 4.82. The molecular weight excluding hydrogens is 294 g/mol. The second-order valence-corrected chi connectivity index (χ2v) is 6.22. The summed E-state index contributed by atoms with van der Waals surface area (Å²) in [6, 6.07) is 7.00. The quantitative estimate of drug-likeness (QED) is 0.216. The summed E-state index contributed by atoms with van der Waals surface area (Å²) in [6.07, 6.45) is 2.09. The van der Waals surface area contributed by atoms with Crippen LogP contribution in [-0.4, -0.2) is 11.1 Å². The second-order valence-electron chi connectivity index (χ2n) is 6.22. The maximum Gasteiger partial charge on any atom is 0.357 e. The maximum atomic E-state index is 10.8. The summed E-state index contributed by atoms with van der Waals surface area (Å²) in [7, 11) is 0. The second kappa shape index (κ2) is 6.63. The minimum Gasteiger partial charge on any atom is -0.476 e. The van der Waals surface area contributed by atoms with E-state index >= 15 is 0 Å². The van der Waals surface area contributed by atoms with E-state index in [1.165, 1.54) is 6.42 Å². The molecule has 0 spiro atoms. The van der Waals surface area contributed by atoms with E-state index in [1.54, 1.807) is 18.2 Å². The van der Waals surface area contributed by atoms with Crippen molar-refractivity contribution in [2.45, 2.75) is 26.7 Å². The highest BCUT2D eigenvalue weighted by Gasteiger charge is 2.44. The number of ether oxygens (including phenoxy) is 1. The van der Waals surface area contributed by atoms with Crippen LogP contribution in [0.15, 0.2) is 35.8 Å². The fraction of sp³-hybridized carbons (Fsp3) is 0.353. The molecule has 1 aromatic carbocycles. The van der Waals surface area contributed by atoms with Gasteiger partial charge in [0.1, 0.15) is 5.75 Å². The van der Waals surface area contributed by atoms with Gasteiger partial charge in [-0.05, 0) is 36.0 Å². The van der Waals surface area contributed by atoms with Crippen molar-refractivity contribution in [2.24, 2.45) is 22.9 Å². The molecule has 0 heterocycles. The predicted octanol–water partition coefficient (Wildman–Crippen LogP) is 1.53. The van der Waals surface area contributed by atoms with Gasteiger partial charge >= 0.3 is 5.97 Å². The SMILES string of the molecule is CC1(C)CC1CC#Cc1cccc(O/C(NN)=C(/N)C(=O)O)c1. The number of nitrogens with two attached hydrogens (primary N) is 2. The lowest BCUT2D eigenvalue weighted by atomic mass is 10.1. The molecule has 122 valence electrons. The molecule has 1 aliphatic carbocycles. The fourth-order valence-electron chi connectivity index (χ4n) is 2.22. The maximum absolute atomic E-state index is 10.8. The molecule has 0 bridgehead atoms. The Labute approximate surface area is 135 Å². The molecule has 0 saturated heterocycles. The molecule has 6 nitrogen and oxygen atoms in total. The Morgan fingerprint density at radius 2 is 2.22 bits per heavy atom. The van der Waals surface area contributed by atoms with Crippen molar-refractivity contribution >= 4 is 5.97 Å². The number of carboxylic acids is 1. The number of rotatable bonds is 5. The summed E-state index contributed by atoms with van der Waals surface area (Å²) < 4.78 is 5.37. The van der Waals surface area contributed by atoms with Gasteiger partial charge in [0, 0.05) is 12.0 Å². The van der Waals surface area contributed by atoms with Crippen LogP contribution in [0.1, 0.15) is 32.3 Å². The molecular formula is C17H21N3O3. The molecule has 6 N–H and O–H groups in total. The van der Waals surface area contributed by atoms with Gasteiger partial charge in [0.15, 0.2) is 5.70 Å². The highest BCUT2D eigenvalue weighted by Crippen LogP contribution is 2.53. The topological polar surface area (TPSA) is 111 Å². The number of benzene rings is 1. The monoisotopic (exact) mass is 315 g/mol. The lowest BCUT2D eigenvalue weighted by Crippen LogP contribution is -2.31. The Balaban J connectivity index is 2.07. The van der Waals surface area contributed by atoms with Crippen LogP contribution in [-0.2, 0) is 4.79 Å². The third-order valence-corrected chi connectivity index (χ3v) is 3.96. The molecule has 2 rings (SSSR count). The lowest BCUT2D eigenvalue weighted by Gasteiger charge is -2.10. The van der Waals surface area contributed by atoms with Crippen LogP contribution in [0.4, 0.5) is 0 Å². The van der Waals surface area contributed by atoms with Crippen molar-refractivity contribution in [3.05, 3.63) is 41.4 Å². The molecule has 1 atom stereocenters. The van der Waals surface area contributed by atoms with E-state index in [0.717, 1.165) is 12.0 Å². The first kappa shape index (κ1) is 16.7. The lowest BCUT2D eigenvalue weighted by molar-refractivity contribution is -0.132. The van der Waals surface area contributed by atoms with Crippen molar-refractivity contribution in [2.75, 3.05) is 0 Å². The van der Waals surface area contributed by atoms with Crippen molar-refractivity contribution in [1.29, 1.82) is 0 Å². The largest absolute Gasteiger partial charge is 0.476 e. The van der Waals surface area contributed by atoms with E-state index in [0.29, 0.717) is 17.1 Å². The van der Waals surface area contributed by atoms with Gasteiger partial charge in [-0.3, -0.25) is 5.43 Å². The first-order chi connectivity index (χ1) is 10.8. The van der Waals surface area contributed by atoms with E-state index in [4.69, 9.17) is 21.4 Å². The van der Waals surface area contributed by atoms with Crippen LogP contribution in [0.3, 0.4) is 0 Å². The number of hydrazine groups is 1. The molecule has 0 amide bonds. The van der Waals surface area contributed by atoms with E-state index in [1.807, 2.05) is 6.07 Å². The van der Waals surface area contributed by atoms with Crippen LogP contribution < -0.4 is 21.7 Å². The van der Waals surface area contributed by atoms with Crippen LogP contribution in [0.5, 0.6) is 5.75 Å². The molecule has 23 heavy (non-hydrogen) atoms. The minimum absolute atomic E-state index is 0.220. The van der Waals surface area contributed by atoms with Crippen LogP contribution in [0.2, 0.25) is 0 Å². The molecule has 6 heteroatoms. The number of carboxylic acid groups (broad SMARTS) is 1. The number of aliphatic carboxylic acids is 1. The molecule has 1 saturated carbocycles. The van der Waals surface area contributed by atoms with Gasteiger partial charge in [-0.15, -0.1) is 0 Å². The summed E-state index contributed by atoms with van der Waals surface area (Å²) >= 11 is 0. The van der Waals surface area contributed by atoms with Crippen molar-refractivity contribution in [3.63, 3.8) is 0 Å². The van der Waals surface area contributed by atoms with Gasteiger partial charge in [0.05, 0.1) is 0 Å². The minimum atomic E-state index is -1.32. The first-order valence-electron chi connectivity index (χ1n) is 7.30. The number of hydrogen-bond acceptors (Lipinski definition) is 5. The summed E-state index contributed by atoms with van der Waals surface area (Å²) in [5.74, 6) is 11.0. The number of carbonyl (C=O) groups is 1. The Morgan fingerprint density at radius 1 is 1.52 bits per heavy atom. The summed E-state index contributed by atoms with van der Waals surface area (Å²) in [5.41, 5.74) is 8.23. The van der Waals surface area contributed by atoms with Crippen molar-refractivity contribution in [3.8, 4) is 17.6 Å². The Hall–Kier alpha value is -2.65. The van der Waals surface area contributed by atoms with Crippen LogP contribution in [0.25, 0.3) is 0 Å². The van der Waals surface area contributed by atoms with E-state index in [2.05, 4.69) is 31.1 Å².